The van der Waals surface area contributed by atoms with Crippen LogP contribution >= 0.6 is 0 Å². The zero-order valence-electron chi connectivity index (χ0n) is 20.5. The van der Waals surface area contributed by atoms with Gasteiger partial charge in [-0.05, 0) is 44.6 Å². The van der Waals surface area contributed by atoms with Crippen LogP contribution in [0.3, 0.4) is 0 Å². The van der Waals surface area contributed by atoms with E-state index in [1.54, 1.807) is 21.6 Å². The first-order chi connectivity index (χ1) is 17.0. The van der Waals surface area contributed by atoms with Crippen molar-refractivity contribution < 1.29 is 17.6 Å². The summed E-state index contributed by atoms with van der Waals surface area (Å²) in [6, 6.07) is 1.46. The molecule has 2 aliphatic carbocycles. The highest BCUT2D eigenvalue weighted by atomic mass is 19.3. The largest absolute Gasteiger partial charge is 0.375 e. The van der Waals surface area contributed by atoms with E-state index < -0.39 is 11.8 Å². The molecule has 2 aliphatic rings. The average molecular weight is 506 g/mol. The molecular weight excluding hydrogens is 474 g/mol. The third kappa shape index (κ3) is 4.97. The van der Waals surface area contributed by atoms with Gasteiger partial charge in [-0.2, -0.15) is 10.2 Å². The van der Waals surface area contributed by atoms with Crippen molar-refractivity contribution in [1.82, 2.24) is 34.7 Å². The van der Waals surface area contributed by atoms with E-state index in [1.165, 1.54) is 0 Å². The first-order valence-corrected chi connectivity index (χ1v) is 12.4. The summed E-state index contributed by atoms with van der Waals surface area (Å²) in [7, 11) is 1.81. The van der Waals surface area contributed by atoms with Crippen LogP contribution in [0.25, 0.3) is 11.5 Å². The number of fused-ring (bicyclic) bond motifs is 1. The van der Waals surface area contributed by atoms with Gasteiger partial charge < -0.3 is 5.32 Å². The van der Waals surface area contributed by atoms with Crippen molar-refractivity contribution in [2.24, 2.45) is 13.0 Å². The lowest BCUT2D eigenvalue weighted by Crippen LogP contribution is -2.34. The highest BCUT2D eigenvalue weighted by molar-refractivity contribution is 5.58. The maximum absolute atomic E-state index is 13.9. The molecular formula is C25H31F4N7. The first kappa shape index (κ1) is 24.7. The van der Waals surface area contributed by atoms with Gasteiger partial charge in [0.15, 0.2) is 0 Å². The molecule has 3 aromatic rings. The molecule has 0 amide bonds. The molecule has 0 bridgehead atoms. The summed E-state index contributed by atoms with van der Waals surface area (Å²) in [6.07, 6.45) is 4.19. The highest BCUT2D eigenvalue weighted by Gasteiger charge is 2.40. The van der Waals surface area contributed by atoms with Crippen molar-refractivity contribution in [3.05, 3.63) is 47.8 Å². The number of hydrogen-bond acceptors (Lipinski definition) is 5. The fraction of sp³-hybridized carbons (Fsp3) is 0.600. The molecule has 36 heavy (non-hydrogen) atoms. The molecule has 194 valence electrons. The number of aromatic nitrogens is 6. The Bertz CT molecular complexity index is 1240. The summed E-state index contributed by atoms with van der Waals surface area (Å²) in [5.74, 6) is -5.05. The Morgan fingerprint density at radius 3 is 2.31 bits per heavy atom. The summed E-state index contributed by atoms with van der Waals surface area (Å²) in [5.41, 5.74) is 3.43. The fourth-order valence-corrected chi connectivity index (χ4v) is 5.54. The van der Waals surface area contributed by atoms with Crippen LogP contribution < -0.4 is 5.32 Å². The van der Waals surface area contributed by atoms with E-state index in [1.807, 2.05) is 20.0 Å². The number of imidazole rings is 1. The second-order valence-corrected chi connectivity index (χ2v) is 10.3. The molecule has 0 aromatic carbocycles. The molecule has 1 N–H and O–H groups in total. The Labute approximate surface area is 207 Å². The van der Waals surface area contributed by atoms with Crippen molar-refractivity contribution in [3.63, 3.8) is 0 Å². The summed E-state index contributed by atoms with van der Waals surface area (Å²) in [4.78, 5) is 9.46. The summed E-state index contributed by atoms with van der Waals surface area (Å²) in [6.45, 7) is 5.99. The Morgan fingerprint density at radius 2 is 1.69 bits per heavy atom. The quantitative estimate of drug-likeness (QED) is 0.443. The maximum Gasteiger partial charge on any atom is 0.251 e. The summed E-state index contributed by atoms with van der Waals surface area (Å²) >= 11 is 0. The van der Waals surface area contributed by atoms with Crippen LogP contribution in [0.15, 0.2) is 25.0 Å². The topological polar surface area (TPSA) is 72.9 Å². The second kappa shape index (κ2) is 9.15. The number of nitrogens with one attached hydrogen (secondary N) is 1. The predicted octanol–water partition coefficient (Wildman–Crippen LogP) is 5.59. The van der Waals surface area contributed by atoms with E-state index in [4.69, 9.17) is 9.97 Å². The minimum absolute atomic E-state index is 0.0820. The number of nitrogens with zero attached hydrogens (tertiary/aromatic N) is 6. The third-order valence-corrected chi connectivity index (χ3v) is 7.65. The molecule has 3 aromatic heterocycles. The molecule has 11 heteroatoms. The zero-order valence-corrected chi connectivity index (χ0v) is 20.5. The van der Waals surface area contributed by atoms with E-state index in [0.717, 1.165) is 5.69 Å². The van der Waals surface area contributed by atoms with Gasteiger partial charge in [-0.1, -0.05) is 6.58 Å². The monoisotopic (exact) mass is 505 g/mol. The zero-order chi connectivity index (χ0) is 25.7. The first-order valence-electron chi connectivity index (χ1n) is 12.4. The van der Waals surface area contributed by atoms with E-state index in [2.05, 4.69) is 22.1 Å². The molecule has 0 aliphatic heterocycles. The SMILES string of the molecule is C=C(NC(c1cn2nc(C)c(C3CCC(F)(F)CC3)nc2n1)C1CCC(F)(F)CC1)c1ccnn1C. The molecule has 1 unspecified atom stereocenters. The van der Waals surface area contributed by atoms with Gasteiger partial charge in [-0.3, -0.25) is 4.68 Å². The Morgan fingerprint density at radius 1 is 1.06 bits per heavy atom. The van der Waals surface area contributed by atoms with Crippen molar-refractivity contribution in [2.45, 2.75) is 82.1 Å². The van der Waals surface area contributed by atoms with Gasteiger partial charge in [0, 0.05) is 44.8 Å². The summed E-state index contributed by atoms with van der Waals surface area (Å²) < 4.78 is 58.5. The number of rotatable bonds is 6. The number of halogens is 4. The van der Waals surface area contributed by atoms with Crippen LogP contribution in [0.2, 0.25) is 0 Å². The molecule has 7 nitrogen and oxygen atoms in total. The predicted molar refractivity (Wildman–Crippen MR) is 127 cm³/mol. The molecule has 1 atom stereocenters. The lowest BCUT2D eigenvalue weighted by Gasteiger charge is -2.34. The normalized spacial score (nSPS) is 21.5. The van der Waals surface area contributed by atoms with E-state index in [0.29, 0.717) is 54.2 Å². The average Bonchev–Trinajstić information content (AvgIpc) is 3.43. The van der Waals surface area contributed by atoms with Crippen LogP contribution in [0.1, 0.15) is 86.1 Å². The van der Waals surface area contributed by atoms with E-state index in [9.17, 15) is 17.6 Å². The molecule has 2 fully saturated rings. The number of hydrogen-bond donors (Lipinski definition) is 1. The van der Waals surface area contributed by atoms with Crippen molar-refractivity contribution in [1.29, 1.82) is 0 Å². The van der Waals surface area contributed by atoms with Crippen LogP contribution in [0.4, 0.5) is 17.6 Å². The standard InChI is InChI=1S/C25H31F4N7/c1-15(20-8-13-30-35(20)3)31-22(18-6-11-25(28,29)12-7-18)19-14-36-23(32-19)33-21(16(2)34-36)17-4-9-24(26,27)10-5-17/h8,13-14,17-18,22,31H,1,4-7,9-12H2,2-3H3. The van der Waals surface area contributed by atoms with Gasteiger partial charge in [0.05, 0.1) is 40.7 Å². The Hall–Kier alpha value is -2.98. The molecule has 0 radical (unpaired) electrons. The van der Waals surface area contributed by atoms with Gasteiger partial charge in [0.25, 0.3) is 5.78 Å². The molecule has 3 heterocycles. The lowest BCUT2D eigenvalue weighted by molar-refractivity contribution is -0.0493. The van der Waals surface area contributed by atoms with Crippen LogP contribution in [-0.4, -0.2) is 41.2 Å². The Balaban J connectivity index is 1.45. The summed E-state index contributed by atoms with van der Waals surface area (Å²) in [5, 5.41) is 12.2. The number of alkyl halides is 4. The second-order valence-electron chi connectivity index (χ2n) is 10.3. The van der Waals surface area contributed by atoms with Crippen molar-refractivity contribution in [3.8, 4) is 0 Å². The molecule has 0 spiro atoms. The maximum atomic E-state index is 13.9. The van der Waals surface area contributed by atoms with E-state index >= 15 is 0 Å². The van der Waals surface area contributed by atoms with Gasteiger partial charge in [-0.15, -0.1) is 0 Å². The Kier molecular flexibility index (Phi) is 6.28. The molecule has 2 saturated carbocycles. The lowest BCUT2D eigenvalue weighted by atomic mass is 9.81. The van der Waals surface area contributed by atoms with E-state index in [-0.39, 0.29) is 43.6 Å². The van der Waals surface area contributed by atoms with Crippen LogP contribution in [0, 0.1) is 12.8 Å². The van der Waals surface area contributed by atoms with Crippen LogP contribution in [0.5, 0.6) is 0 Å². The highest BCUT2D eigenvalue weighted by Crippen LogP contribution is 2.43. The third-order valence-electron chi connectivity index (χ3n) is 7.65. The molecule has 0 saturated heterocycles. The van der Waals surface area contributed by atoms with Crippen LogP contribution in [-0.2, 0) is 7.05 Å². The number of aryl methyl sites for hydroxylation is 2. The van der Waals surface area contributed by atoms with Crippen molar-refractivity contribution >= 4 is 11.5 Å². The minimum Gasteiger partial charge on any atom is -0.375 e. The van der Waals surface area contributed by atoms with Crippen molar-refractivity contribution in [2.75, 3.05) is 0 Å². The van der Waals surface area contributed by atoms with Gasteiger partial charge in [0.1, 0.15) is 0 Å². The van der Waals surface area contributed by atoms with Gasteiger partial charge in [-0.25, -0.2) is 32.0 Å². The smallest absolute Gasteiger partial charge is 0.251 e. The van der Waals surface area contributed by atoms with Gasteiger partial charge in [0.2, 0.25) is 11.8 Å². The fourth-order valence-electron chi connectivity index (χ4n) is 5.54. The van der Waals surface area contributed by atoms with Gasteiger partial charge >= 0.3 is 0 Å². The minimum atomic E-state index is -2.65. The molecule has 5 rings (SSSR count).